The lowest BCUT2D eigenvalue weighted by Gasteiger charge is -2.09. The summed E-state index contributed by atoms with van der Waals surface area (Å²) in [5.41, 5.74) is 2.48. The van der Waals surface area contributed by atoms with Crippen LogP contribution >= 0.6 is 0 Å². The van der Waals surface area contributed by atoms with Crippen molar-refractivity contribution >= 4 is 12.0 Å². The molecule has 96 valence electrons. The molecule has 2 rings (SSSR count). The van der Waals surface area contributed by atoms with E-state index in [1.807, 2.05) is 43.3 Å². The van der Waals surface area contributed by atoms with Gasteiger partial charge in [-0.05, 0) is 19.1 Å². The van der Waals surface area contributed by atoms with Crippen molar-refractivity contribution in [2.45, 2.75) is 13.5 Å². The second-order valence-corrected chi connectivity index (χ2v) is 4.27. The van der Waals surface area contributed by atoms with E-state index in [2.05, 4.69) is 0 Å². The molecule has 0 aliphatic heterocycles. The molecule has 0 fully saturated rings. The number of hydrogen-bond acceptors (Lipinski definition) is 3. The highest BCUT2D eigenvalue weighted by molar-refractivity contribution is 6.34. The van der Waals surface area contributed by atoms with Crippen molar-refractivity contribution in [3.8, 4) is 5.75 Å². The van der Waals surface area contributed by atoms with Crippen LogP contribution in [0.5, 0.6) is 5.75 Å². The van der Waals surface area contributed by atoms with Crippen LogP contribution in [-0.2, 0) is 6.61 Å². The number of ketones is 1. The van der Waals surface area contributed by atoms with Gasteiger partial charge in [-0.3, -0.25) is 4.79 Å². The average Bonchev–Trinajstić information content (AvgIpc) is 2.46. The molecular formula is C16H15NO2. The molecule has 3 heteroatoms. The second kappa shape index (κ2) is 5.96. The van der Waals surface area contributed by atoms with Crippen LogP contribution < -0.4 is 4.74 Å². The van der Waals surface area contributed by atoms with Gasteiger partial charge >= 0.3 is 0 Å². The second-order valence-electron chi connectivity index (χ2n) is 4.27. The summed E-state index contributed by atoms with van der Waals surface area (Å²) in [6, 6.07) is 14.9. The zero-order chi connectivity index (χ0) is 13.7. The highest BCUT2D eigenvalue weighted by atomic mass is 16.5. The van der Waals surface area contributed by atoms with Crippen LogP contribution in [0, 0.1) is 12.3 Å². The fraction of sp³-hybridized carbons (Fsp3) is 0.125. The van der Waals surface area contributed by atoms with Crippen molar-refractivity contribution in [3.05, 3.63) is 65.2 Å². The first-order chi connectivity index (χ1) is 9.20. The summed E-state index contributed by atoms with van der Waals surface area (Å²) in [7, 11) is 0. The lowest BCUT2D eigenvalue weighted by molar-refractivity contribution is 0.106. The van der Waals surface area contributed by atoms with Crippen molar-refractivity contribution in [1.29, 1.82) is 5.41 Å². The number of hydrogen-bond donors (Lipinski definition) is 1. The first-order valence-corrected chi connectivity index (χ1v) is 6.03. The first-order valence-electron chi connectivity index (χ1n) is 6.03. The molecule has 0 unspecified atom stereocenters. The number of Topliss-reactive ketones (excluding diaryl/α,β-unsaturated/α-hetero) is 1. The zero-order valence-electron chi connectivity index (χ0n) is 10.7. The Balaban J connectivity index is 2.13. The molecule has 0 aliphatic rings. The summed E-state index contributed by atoms with van der Waals surface area (Å²) in [5.74, 6) is 0.464. The molecule has 0 saturated heterocycles. The number of benzene rings is 2. The molecule has 0 amide bonds. The van der Waals surface area contributed by atoms with Gasteiger partial charge in [0.15, 0.2) is 0 Å². The molecule has 2 aromatic rings. The molecule has 3 nitrogen and oxygen atoms in total. The number of nitrogens with one attached hydrogen (secondary N) is 1. The van der Waals surface area contributed by atoms with Crippen molar-refractivity contribution in [3.63, 3.8) is 0 Å². The maximum absolute atomic E-state index is 11.6. The first kappa shape index (κ1) is 13.0. The summed E-state index contributed by atoms with van der Waals surface area (Å²) in [6.07, 6.45) is 0.824. The van der Waals surface area contributed by atoms with Gasteiger partial charge in [0.05, 0.1) is 6.21 Å². The fourth-order valence-corrected chi connectivity index (χ4v) is 1.76. The minimum atomic E-state index is -0.303. The Morgan fingerprint density at radius 3 is 2.53 bits per heavy atom. The number of aryl methyl sites for hydroxylation is 1. The van der Waals surface area contributed by atoms with E-state index < -0.39 is 0 Å². The quantitative estimate of drug-likeness (QED) is 0.655. The van der Waals surface area contributed by atoms with Crippen molar-refractivity contribution in [2.75, 3.05) is 0 Å². The largest absolute Gasteiger partial charge is 0.489 e. The third kappa shape index (κ3) is 3.28. The summed E-state index contributed by atoms with van der Waals surface area (Å²) in [6.45, 7) is 2.33. The molecule has 0 saturated carbocycles. The van der Waals surface area contributed by atoms with E-state index in [0.717, 1.165) is 17.5 Å². The normalized spacial score (nSPS) is 9.95. The molecule has 0 heterocycles. The van der Waals surface area contributed by atoms with Gasteiger partial charge in [0.25, 0.3) is 0 Å². The van der Waals surface area contributed by atoms with Crippen LogP contribution in [0.4, 0.5) is 0 Å². The van der Waals surface area contributed by atoms with Crippen LogP contribution in [0.1, 0.15) is 21.5 Å². The molecule has 0 bridgehead atoms. The third-order valence-electron chi connectivity index (χ3n) is 2.83. The van der Waals surface area contributed by atoms with Gasteiger partial charge in [-0.1, -0.05) is 42.0 Å². The van der Waals surface area contributed by atoms with Crippen LogP contribution in [-0.4, -0.2) is 12.0 Å². The van der Waals surface area contributed by atoms with Gasteiger partial charge in [0.2, 0.25) is 5.78 Å². The standard InChI is InChI=1S/C16H15NO2/c1-12-6-8-14(9-7-12)19-11-13-4-2-3-5-15(13)16(18)10-17/h2-10,17H,11H2,1H3. The maximum atomic E-state index is 11.6. The lowest BCUT2D eigenvalue weighted by atomic mass is 10.0. The number of ether oxygens (including phenoxy) is 1. The average molecular weight is 253 g/mol. The van der Waals surface area contributed by atoms with E-state index in [1.54, 1.807) is 12.1 Å². The van der Waals surface area contributed by atoms with Gasteiger partial charge in [0, 0.05) is 11.1 Å². The predicted octanol–water partition coefficient (Wildman–Crippen LogP) is 3.41. The Hall–Kier alpha value is -2.42. The van der Waals surface area contributed by atoms with Gasteiger partial charge < -0.3 is 10.1 Å². The zero-order valence-corrected chi connectivity index (χ0v) is 10.7. The van der Waals surface area contributed by atoms with E-state index in [4.69, 9.17) is 10.1 Å². The molecule has 2 aromatic carbocycles. The number of rotatable bonds is 5. The van der Waals surface area contributed by atoms with E-state index >= 15 is 0 Å². The van der Waals surface area contributed by atoms with Crippen molar-refractivity contribution in [1.82, 2.24) is 0 Å². The molecule has 0 aliphatic carbocycles. The van der Waals surface area contributed by atoms with Crippen LogP contribution in [0.25, 0.3) is 0 Å². The Morgan fingerprint density at radius 1 is 1.16 bits per heavy atom. The smallest absolute Gasteiger partial charge is 0.203 e. The van der Waals surface area contributed by atoms with Crippen molar-refractivity contribution in [2.24, 2.45) is 0 Å². The Kier molecular flexibility index (Phi) is 4.08. The highest BCUT2D eigenvalue weighted by Crippen LogP contribution is 2.16. The summed E-state index contributed by atoms with van der Waals surface area (Å²) < 4.78 is 5.66. The molecule has 19 heavy (non-hydrogen) atoms. The van der Waals surface area contributed by atoms with Gasteiger partial charge in [-0.2, -0.15) is 0 Å². The van der Waals surface area contributed by atoms with Crippen LogP contribution in [0.2, 0.25) is 0 Å². The lowest BCUT2D eigenvalue weighted by Crippen LogP contribution is -2.06. The molecule has 0 aromatic heterocycles. The van der Waals surface area contributed by atoms with Crippen molar-refractivity contribution < 1.29 is 9.53 Å². The van der Waals surface area contributed by atoms with Gasteiger partial charge in [-0.25, -0.2) is 0 Å². The Morgan fingerprint density at radius 2 is 1.84 bits per heavy atom. The van der Waals surface area contributed by atoms with Gasteiger partial charge in [0.1, 0.15) is 12.4 Å². The third-order valence-corrected chi connectivity index (χ3v) is 2.83. The summed E-state index contributed by atoms with van der Waals surface area (Å²) in [5, 5.41) is 7.05. The Bertz CT molecular complexity index is 588. The van der Waals surface area contributed by atoms with Crippen LogP contribution in [0.3, 0.4) is 0 Å². The van der Waals surface area contributed by atoms with E-state index in [-0.39, 0.29) is 5.78 Å². The van der Waals surface area contributed by atoms with E-state index in [1.165, 1.54) is 5.56 Å². The predicted molar refractivity (Wildman–Crippen MR) is 75.1 cm³/mol. The topological polar surface area (TPSA) is 50.2 Å². The number of carbonyl (C=O) groups excluding carboxylic acids is 1. The minimum Gasteiger partial charge on any atom is -0.489 e. The molecule has 1 N–H and O–H groups in total. The molecule has 0 atom stereocenters. The molecule has 0 spiro atoms. The monoisotopic (exact) mass is 253 g/mol. The Labute approximate surface area is 112 Å². The van der Waals surface area contributed by atoms with E-state index in [0.29, 0.717) is 12.2 Å². The minimum absolute atomic E-state index is 0.303. The SMILES string of the molecule is Cc1ccc(OCc2ccccc2C(=O)C=N)cc1. The van der Waals surface area contributed by atoms with Crippen LogP contribution in [0.15, 0.2) is 48.5 Å². The molecule has 0 radical (unpaired) electrons. The fourth-order valence-electron chi connectivity index (χ4n) is 1.76. The highest BCUT2D eigenvalue weighted by Gasteiger charge is 2.08. The van der Waals surface area contributed by atoms with Gasteiger partial charge in [-0.15, -0.1) is 0 Å². The number of carbonyl (C=O) groups is 1. The summed E-state index contributed by atoms with van der Waals surface area (Å²) in [4.78, 5) is 11.6. The summed E-state index contributed by atoms with van der Waals surface area (Å²) >= 11 is 0. The maximum Gasteiger partial charge on any atom is 0.203 e. The molecular weight excluding hydrogens is 238 g/mol. The van der Waals surface area contributed by atoms with E-state index in [9.17, 15) is 4.79 Å².